The summed E-state index contributed by atoms with van der Waals surface area (Å²) >= 11 is 2.68. The zero-order valence-corrected chi connectivity index (χ0v) is 12.2. The Balaban J connectivity index is 2.42. The Kier molecular flexibility index (Phi) is 5.15. The van der Waals surface area contributed by atoms with Gasteiger partial charge in [0, 0.05) is 10.9 Å². The van der Waals surface area contributed by atoms with E-state index in [1.165, 1.54) is 23.1 Å². The highest BCUT2D eigenvalue weighted by molar-refractivity contribution is 8.01. The maximum absolute atomic E-state index is 11.6. The molecule has 0 atom stereocenters. The Morgan fingerprint density at radius 2 is 2.17 bits per heavy atom. The van der Waals surface area contributed by atoms with Crippen molar-refractivity contribution in [3.8, 4) is 0 Å². The van der Waals surface area contributed by atoms with Crippen LogP contribution in [0.1, 0.15) is 26.5 Å². The molecule has 18 heavy (non-hydrogen) atoms. The molecule has 2 N–H and O–H groups in total. The second-order valence-electron chi connectivity index (χ2n) is 4.76. The van der Waals surface area contributed by atoms with Crippen molar-refractivity contribution in [1.82, 2.24) is 10.3 Å². The number of thiazole rings is 1. The third kappa shape index (κ3) is 6.02. The average Bonchev–Trinajstić information content (AvgIpc) is 2.59. The number of thioether (sulfide) groups is 1. The second-order valence-corrected chi connectivity index (χ2v) is 6.84. The summed E-state index contributed by atoms with van der Waals surface area (Å²) in [5.74, 6) is -0.665. The van der Waals surface area contributed by atoms with E-state index in [4.69, 9.17) is 5.11 Å². The molecule has 100 valence electrons. The second kappa shape index (κ2) is 6.19. The van der Waals surface area contributed by atoms with Crippen LogP contribution in [0, 0.1) is 0 Å². The highest BCUT2D eigenvalue weighted by Crippen LogP contribution is 2.22. The van der Waals surface area contributed by atoms with Crippen LogP contribution >= 0.6 is 23.1 Å². The number of carbonyl (C=O) groups is 2. The van der Waals surface area contributed by atoms with Gasteiger partial charge in [0.15, 0.2) is 4.34 Å². The van der Waals surface area contributed by atoms with E-state index in [1.807, 2.05) is 20.8 Å². The Labute approximate surface area is 114 Å². The number of aromatic nitrogens is 1. The van der Waals surface area contributed by atoms with Crippen molar-refractivity contribution in [2.24, 2.45) is 0 Å². The van der Waals surface area contributed by atoms with E-state index in [2.05, 4.69) is 10.3 Å². The molecule has 1 amide bonds. The first-order valence-corrected chi connectivity index (χ1v) is 7.23. The van der Waals surface area contributed by atoms with Crippen LogP contribution < -0.4 is 5.32 Å². The Morgan fingerprint density at radius 1 is 1.50 bits per heavy atom. The van der Waals surface area contributed by atoms with E-state index in [1.54, 1.807) is 5.38 Å². The summed E-state index contributed by atoms with van der Waals surface area (Å²) in [6.45, 7) is 5.76. The Morgan fingerprint density at radius 3 is 2.72 bits per heavy atom. The predicted octanol–water partition coefficient (Wildman–Crippen LogP) is 1.78. The maximum atomic E-state index is 11.6. The lowest BCUT2D eigenvalue weighted by molar-refractivity contribution is -0.136. The molecule has 0 spiro atoms. The molecule has 1 aromatic heterocycles. The molecule has 0 aromatic carbocycles. The molecule has 0 bridgehead atoms. The van der Waals surface area contributed by atoms with Gasteiger partial charge in [-0.1, -0.05) is 11.8 Å². The third-order valence-corrected chi connectivity index (χ3v) is 3.77. The fraction of sp³-hybridized carbons (Fsp3) is 0.545. The van der Waals surface area contributed by atoms with Crippen LogP contribution in [0.5, 0.6) is 0 Å². The van der Waals surface area contributed by atoms with E-state index < -0.39 is 5.97 Å². The minimum absolute atomic E-state index is 0.0533. The molecule has 7 heteroatoms. The van der Waals surface area contributed by atoms with Crippen molar-refractivity contribution in [1.29, 1.82) is 0 Å². The molecule has 0 saturated heterocycles. The predicted molar refractivity (Wildman–Crippen MR) is 72.1 cm³/mol. The molecule has 1 aromatic rings. The SMILES string of the molecule is CC(C)(C)NC(=O)CSc1nc(CC(=O)O)cs1. The molecule has 0 aliphatic carbocycles. The molecule has 5 nitrogen and oxygen atoms in total. The van der Waals surface area contributed by atoms with Crippen molar-refractivity contribution >= 4 is 35.0 Å². The van der Waals surface area contributed by atoms with Crippen molar-refractivity contribution < 1.29 is 14.7 Å². The number of nitrogens with zero attached hydrogens (tertiary/aromatic N) is 1. The molecular weight excluding hydrogens is 272 g/mol. The van der Waals surface area contributed by atoms with E-state index in [0.29, 0.717) is 5.69 Å². The summed E-state index contributed by atoms with van der Waals surface area (Å²) in [6.07, 6.45) is -0.0781. The van der Waals surface area contributed by atoms with E-state index >= 15 is 0 Å². The number of carboxylic acid groups (broad SMARTS) is 1. The first-order chi connectivity index (χ1) is 8.26. The van der Waals surface area contributed by atoms with Crippen LogP contribution in [-0.4, -0.2) is 33.3 Å². The number of hydrogen-bond acceptors (Lipinski definition) is 5. The summed E-state index contributed by atoms with van der Waals surface area (Å²) in [5, 5.41) is 13.2. The fourth-order valence-electron chi connectivity index (χ4n) is 1.17. The monoisotopic (exact) mass is 288 g/mol. The molecular formula is C11H16N2O3S2. The Hall–Kier alpha value is -1.08. The number of carboxylic acids is 1. The molecule has 1 rings (SSSR count). The van der Waals surface area contributed by atoms with Gasteiger partial charge in [-0.3, -0.25) is 9.59 Å². The molecule has 0 aliphatic heterocycles. The molecule has 0 radical (unpaired) electrons. The average molecular weight is 288 g/mol. The summed E-state index contributed by atoms with van der Waals surface area (Å²) in [4.78, 5) is 26.2. The molecule has 0 fully saturated rings. The summed E-state index contributed by atoms with van der Waals surface area (Å²) in [5.41, 5.74) is 0.292. The van der Waals surface area contributed by atoms with Gasteiger partial charge in [0.25, 0.3) is 0 Å². The zero-order valence-electron chi connectivity index (χ0n) is 10.5. The van der Waals surface area contributed by atoms with Crippen LogP contribution in [0.15, 0.2) is 9.72 Å². The molecule has 0 unspecified atom stereocenters. The van der Waals surface area contributed by atoms with Gasteiger partial charge in [0.2, 0.25) is 5.91 Å². The van der Waals surface area contributed by atoms with Crippen LogP contribution in [0.3, 0.4) is 0 Å². The minimum Gasteiger partial charge on any atom is -0.481 e. The number of rotatable bonds is 5. The van der Waals surface area contributed by atoms with E-state index in [9.17, 15) is 9.59 Å². The highest BCUT2D eigenvalue weighted by Gasteiger charge is 2.14. The van der Waals surface area contributed by atoms with Crippen molar-refractivity contribution in [2.75, 3.05) is 5.75 Å². The fourth-order valence-corrected chi connectivity index (χ4v) is 2.82. The largest absolute Gasteiger partial charge is 0.481 e. The summed E-state index contributed by atoms with van der Waals surface area (Å²) < 4.78 is 0.718. The van der Waals surface area contributed by atoms with Gasteiger partial charge in [-0.25, -0.2) is 4.98 Å². The number of amides is 1. The van der Waals surface area contributed by atoms with Crippen LogP contribution in [0.25, 0.3) is 0 Å². The maximum Gasteiger partial charge on any atom is 0.309 e. The minimum atomic E-state index is -0.901. The van der Waals surface area contributed by atoms with Gasteiger partial charge in [-0.2, -0.15) is 0 Å². The first kappa shape index (κ1) is 15.0. The smallest absolute Gasteiger partial charge is 0.309 e. The van der Waals surface area contributed by atoms with E-state index in [0.717, 1.165) is 4.34 Å². The van der Waals surface area contributed by atoms with Crippen LogP contribution in [0.2, 0.25) is 0 Å². The number of aliphatic carboxylic acids is 1. The molecule has 0 aliphatic rings. The van der Waals surface area contributed by atoms with Gasteiger partial charge in [-0.05, 0) is 20.8 Å². The standard InChI is InChI=1S/C11H16N2O3S2/c1-11(2,3)13-8(14)6-18-10-12-7(5-17-10)4-9(15)16/h5H,4,6H2,1-3H3,(H,13,14)(H,15,16). The quantitative estimate of drug-likeness (QED) is 0.807. The normalized spacial score (nSPS) is 11.3. The van der Waals surface area contributed by atoms with Gasteiger partial charge in [-0.15, -0.1) is 11.3 Å². The lowest BCUT2D eigenvalue weighted by Gasteiger charge is -2.19. The topological polar surface area (TPSA) is 79.3 Å². The molecule has 0 saturated carbocycles. The lowest BCUT2D eigenvalue weighted by atomic mass is 10.1. The Bertz CT molecular complexity index is 438. The highest BCUT2D eigenvalue weighted by atomic mass is 32.2. The van der Waals surface area contributed by atoms with Gasteiger partial charge < -0.3 is 10.4 Å². The summed E-state index contributed by atoms with van der Waals surface area (Å²) in [7, 11) is 0. The lowest BCUT2D eigenvalue weighted by Crippen LogP contribution is -2.41. The zero-order chi connectivity index (χ0) is 13.8. The van der Waals surface area contributed by atoms with Gasteiger partial charge in [0.1, 0.15) is 0 Å². The van der Waals surface area contributed by atoms with Crippen molar-refractivity contribution in [3.05, 3.63) is 11.1 Å². The first-order valence-electron chi connectivity index (χ1n) is 5.36. The van der Waals surface area contributed by atoms with Crippen LogP contribution in [-0.2, 0) is 16.0 Å². The number of nitrogens with one attached hydrogen (secondary N) is 1. The van der Waals surface area contributed by atoms with Crippen molar-refractivity contribution in [3.63, 3.8) is 0 Å². The number of hydrogen-bond donors (Lipinski definition) is 2. The molecule has 1 heterocycles. The van der Waals surface area contributed by atoms with Gasteiger partial charge >= 0.3 is 5.97 Å². The summed E-state index contributed by atoms with van der Waals surface area (Å²) in [6, 6.07) is 0. The van der Waals surface area contributed by atoms with Crippen molar-refractivity contribution in [2.45, 2.75) is 37.1 Å². The van der Waals surface area contributed by atoms with Gasteiger partial charge in [0.05, 0.1) is 17.9 Å². The van der Waals surface area contributed by atoms with Crippen LogP contribution in [0.4, 0.5) is 0 Å². The number of carbonyl (C=O) groups excluding carboxylic acids is 1. The third-order valence-electron chi connectivity index (χ3n) is 1.70. The van der Waals surface area contributed by atoms with E-state index in [-0.39, 0.29) is 23.6 Å².